The van der Waals surface area contributed by atoms with Crippen molar-refractivity contribution in [1.29, 1.82) is 0 Å². The second-order valence-electron chi connectivity index (χ2n) is 10.4. The number of hydrogen-bond acceptors (Lipinski definition) is 5. The zero-order valence-corrected chi connectivity index (χ0v) is 19.9. The van der Waals surface area contributed by atoms with Gasteiger partial charge in [0.05, 0.1) is 17.6 Å². The van der Waals surface area contributed by atoms with Gasteiger partial charge in [-0.05, 0) is 59.5 Å². The van der Waals surface area contributed by atoms with Crippen LogP contribution in [0.25, 0.3) is 0 Å². The Hall–Kier alpha value is -2.06. The number of rotatable bonds is 3. The molecule has 8 heteroatoms. The number of carbonyl (C=O) groups is 2. The predicted molar refractivity (Wildman–Crippen MR) is 120 cm³/mol. The van der Waals surface area contributed by atoms with Gasteiger partial charge < -0.3 is 23.8 Å². The van der Waals surface area contributed by atoms with Crippen LogP contribution in [0.2, 0.25) is 0 Å². The first kappa shape index (κ1) is 23.6. The molecule has 0 aliphatic carbocycles. The molecule has 1 aromatic rings. The highest BCUT2D eigenvalue weighted by Crippen LogP contribution is 2.36. The minimum absolute atomic E-state index is 0.0622. The predicted octanol–water partition coefficient (Wildman–Crippen LogP) is 2.61. The average Bonchev–Trinajstić information content (AvgIpc) is 2.88. The summed E-state index contributed by atoms with van der Waals surface area (Å²) in [6.45, 7) is 15.7. The van der Waals surface area contributed by atoms with E-state index < -0.39 is 12.7 Å². The third-order valence-corrected chi connectivity index (χ3v) is 6.14. The van der Waals surface area contributed by atoms with Crippen molar-refractivity contribution in [1.82, 2.24) is 9.80 Å². The molecule has 1 aromatic carbocycles. The van der Waals surface area contributed by atoms with Crippen LogP contribution in [-0.4, -0.2) is 71.9 Å². The van der Waals surface area contributed by atoms with Crippen molar-refractivity contribution in [2.45, 2.75) is 71.7 Å². The Morgan fingerprint density at radius 2 is 1.42 bits per heavy atom. The van der Waals surface area contributed by atoms with Crippen LogP contribution in [0.15, 0.2) is 24.3 Å². The Bertz CT molecular complexity index is 792. The van der Waals surface area contributed by atoms with Crippen LogP contribution in [0.3, 0.4) is 0 Å². The molecule has 3 rings (SSSR count). The van der Waals surface area contributed by atoms with Gasteiger partial charge in [0.1, 0.15) is 5.60 Å². The number of carbonyl (C=O) groups excluding carboxylic acids is 2. The number of hydrogen-bond donors (Lipinski definition) is 0. The van der Waals surface area contributed by atoms with Crippen LogP contribution >= 0.6 is 0 Å². The van der Waals surface area contributed by atoms with E-state index in [1.165, 1.54) is 0 Å². The lowest BCUT2D eigenvalue weighted by atomic mass is 9.79. The summed E-state index contributed by atoms with van der Waals surface area (Å²) in [6, 6.07) is 7.83. The van der Waals surface area contributed by atoms with E-state index in [2.05, 4.69) is 0 Å². The normalized spacial score (nSPS) is 20.7. The lowest BCUT2D eigenvalue weighted by Gasteiger charge is -2.35. The molecule has 0 N–H and O–H groups in total. The van der Waals surface area contributed by atoms with Gasteiger partial charge in [0.15, 0.2) is 0 Å². The lowest BCUT2D eigenvalue weighted by Crippen LogP contribution is -2.52. The molecule has 0 unspecified atom stereocenters. The van der Waals surface area contributed by atoms with Crippen molar-refractivity contribution in [3.05, 3.63) is 29.8 Å². The van der Waals surface area contributed by atoms with Crippen LogP contribution in [0.4, 0.5) is 4.79 Å². The minimum Gasteiger partial charge on any atom is -0.444 e. The van der Waals surface area contributed by atoms with Gasteiger partial charge in [-0.25, -0.2) is 4.79 Å². The van der Waals surface area contributed by atoms with Gasteiger partial charge in [-0.3, -0.25) is 4.79 Å². The zero-order chi connectivity index (χ0) is 23.0. The van der Waals surface area contributed by atoms with Crippen LogP contribution in [0, 0.1) is 0 Å². The molecule has 170 valence electrons. The lowest BCUT2D eigenvalue weighted by molar-refractivity contribution is -0.132. The molecule has 31 heavy (non-hydrogen) atoms. The quantitative estimate of drug-likeness (QED) is 0.690. The summed E-state index contributed by atoms with van der Waals surface area (Å²) in [7, 11) is -0.407. The highest BCUT2D eigenvalue weighted by atomic mass is 16.7. The first-order valence-corrected chi connectivity index (χ1v) is 11.0. The van der Waals surface area contributed by atoms with E-state index in [0.717, 1.165) is 11.0 Å². The largest absolute Gasteiger partial charge is 0.494 e. The van der Waals surface area contributed by atoms with Crippen molar-refractivity contribution in [3.63, 3.8) is 0 Å². The molecule has 2 heterocycles. The van der Waals surface area contributed by atoms with E-state index in [1.54, 1.807) is 4.90 Å². The van der Waals surface area contributed by atoms with E-state index in [0.29, 0.717) is 32.6 Å². The monoisotopic (exact) mass is 430 g/mol. The topological polar surface area (TPSA) is 68.3 Å². The first-order valence-electron chi connectivity index (χ1n) is 11.0. The minimum atomic E-state index is -0.518. The summed E-state index contributed by atoms with van der Waals surface area (Å²) in [4.78, 5) is 28.4. The highest BCUT2D eigenvalue weighted by molar-refractivity contribution is 6.62. The molecule has 2 amide bonds. The second kappa shape index (κ2) is 8.47. The van der Waals surface area contributed by atoms with E-state index in [4.69, 9.17) is 14.0 Å². The van der Waals surface area contributed by atoms with Crippen LogP contribution in [-0.2, 0) is 25.3 Å². The summed E-state index contributed by atoms with van der Waals surface area (Å²) in [6.07, 6.45) is 0.00805. The molecular weight excluding hydrogens is 395 g/mol. The third-order valence-electron chi connectivity index (χ3n) is 6.14. The molecule has 2 aliphatic heterocycles. The van der Waals surface area contributed by atoms with Gasteiger partial charge >= 0.3 is 13.2 Å². The number of benzene rings is 1. The Labute approximate surface area is 186 Å². The molecule has 0 atom stereocenters. The van der Waals surface area contributed by atoms with Gasteiger partial charge in [-0.2, -0.15) is 0 Å². The molecule has 0 saturated carbocycles. The van der Waals surface area contributed by atoms with Gasteiger partial charge in [0, 0.05) is 26.2 Å². The number of ether oxygens (including phenoxy) is 1. The van der Waals surface area contributed by atoms with Crippen molar-refractivity contribution in [3.8, 4) is 0 Å². The second-order valence-corrected chi connectivity index (χ2v) is 10.4. The smallest absolute Gasteiger partial charge is 0.444 e. The van der Waals surface area contributed by atoms with Crippen molar-refractivity contribution < 1.29 is 23.6 Å². The molecular formula is C23H35BN2O5. The average molecular weight is 430 g/mol. The van der Waals surface area contributed by atoms with Crippen LogP contribution < -0.4 is 5.46 Å². The van der Waals surface area contributed by atoms with Crippen molar-refractivity contribution >= 4 is 24.6 Å². The van der Waals surface area contributed by atoms with Gasteiger partial charge in [-0.1, -0.05) is 24.3 Å². The van der Waals surface area contributed by atoms with E-state index in [1.807, 2.05) is 77.6 Å². The maximum atomic E-state index is 12.7. The van der Waals surface area contributed by atoms with Crippen LogP contribution in [0.5, 0.6) is 0 Å². The molecule has 0 aromatic heterocycles. The summed E-state index contributed by atoms with van der Waals surface area (Å²) in [5, 5.41) is 0. The van der Waals surface area contributed by atoms with E-state index >= 15 is 0 Å². The Morgan fingerprint density at radius 1 is 0.935 bits per heavy atom. The highest BCUT2D eigenvalue weighted by Gasteiger charge is 2.51. The Morgan fingerprint density at radius 3 is 1.90 bits per heavy atom. The molecule has 0 spiro atoms. The van der Waals surface area contributed by atoms with Crippen molar-refractivity contribution in [2.75, 3.05) is 26.2 Å². The molecule has 0 radical (unpaired) electrons. The number of piperazine rings is 1. The van der Waals surface area contributed by atoms with E-state index in [-0.39, 0.29) is 23.2 Å². The molecule has 2 saturated heterocycles. The summed E-state index contributed by atoms with van der Waals surface area (Å²) < 4.78 is 17.6. The zero-order valence-electron chi connectivity index (χ0n) is 19.9. The summed E-state index contributed by atoms with van der Waals surface area (Å²) >= 11 is 0. The van der Waals surface area contributed by atoms with Gasteiger partial charge in [-0.15, -0.1) is 0 Å². The maximum absolute atomic E-state index is 12.7. The van der Waals surface area contributed by atoms with E-state index in [9.17, 15) is 9.59 Å². The summed E-state index contributed by atoms with van der Waals surface area (Å²) in [5.74, 6) is 0.0622. The van der Waals surface area contributed by atoms with Gasteiger partial charge in [0.2, 0.25) is 5.91 Å². The standard InChI is InChI=1S/C23H35BN2O5/c1-21(2,3)29-20(28)26-14-12-25(13-15-26)19(27)16-17-8-10-18(11-9-17)24-30-22(4,5)23(6,7)31-24/h8-11H,12-16H2,1-7H3. The third kappa shape index (κ3) is 5.60. The molecule has 7 nitrogen and oxygen atoms in total. The molecule has 2 aliphatic rings. The molecule has 2 fully saturated rings. The van der Waals surface area contributed by atoms with Crippen LogP contribution in [0.1, 0.15) is 54.0 Å². The van der Waals surface area contributed by atoms with Crippen molar-refractivity contribution in [2.24, 2.45) is 0 Å². The summed E-state index contributed by atoms with van der Waals surface area (Å²) in [5.41, 5.74) is 0.610. The Kier molecular flexibility index (Phi) is 6.45. The van der Waals surface area contributed by atoms with Gasteiger partial charge in [0.25, 0.3) is 0 Å². The fraction of sp³-hybridized carbons (Fsp3) is 0.652. The fourth-order valence-electron chi connectivity index (χ4n) is 3.52. The number of nitrogens with zero attached hydrogens (tertiary/aromatic N) is 2. The number of amides is 2. The SMILES string of the molecule is CC(C)(C)OC(=O)N1CCN(C(=O)Cc2ccc(B3OC(C)(C)C(C)(C)O3)cc2)CC1. The maximum Gasteiger partial charge on any atom is 0.494 e. The first-order chi connectivity index (χ1) is 14.3. The molecule has 0 bridgehead atoms. The Balaban J connectivity index is 1.51. The fourth-order valence-corrected chi connectivity index (χ4v) is 3.52.